The molecule has 0 amide bonds. The van der Waals surface area contributed by atoms with E-state index in [-0.39, 0.29) is 12.2 Å². The monoisotopic (exact) mass is 374 g/mol. The average Bonchev–Trinajstić information content (AvgIpc) is 2.55. The second kappa shape index (κ2) is 8.63. The lowest BCUT2D eigenvalue weighted by molar-refractivity contribution is -0.143. The Morgan fingerprint density at radius 3 is 2.22 bits per heavy atom. The molecule has 1 N–H and O–H groups in total. The third kappa shape index (κ3) is 5.99. The van der Waals surface area contributed by atoms with Crippen LogP contribution in [0.3, 0.4) is 0 Å². The molecular weight excluding hydrogens is 356 g/mol. The highest BCUT2D eigenvalue weighted by Gasteiger charge is 2.21. The van der Waals surface area contributed by atoms with E-state index in [2.05, 4.69) is 15.9 Å². The van der Waals surface area contributed by atoms with E-state index < -0.39 is 11.9 Å². The van der Waals surface area contributed by atoms with Gasteiger partial charge < -0.3 is 5.11 Å². The van der Waals surface area contributed by atoms with Crippen LogP contribution in [0.4, 0.5) is 0 Å². The fourth-order valence-corrected chi connectivity index (χ4v) is 2.72. The molecule has 0 aromatic heterocycles. The van der Waals surface area contributed by atoms with Gasteiger partial charge in [-0.2, -0.15) is 0 Å². The number of carbonyl (C=O) groups is 2. The van der Waals surface area contributed by atoms with Gasteiger partial charge in [-0.05, 0) is 36.1 Å². The molecule has 2 aromatic carbocycles. The summed E-state index contributed by atoms with van der Waals surface area (Å²) in [6.45, 7) is 0. The van der Waals surface area contributed by atoms with Gasteiger partial charge >= 0.3 is 5.97 Å². The molecule has 3 nitrogen and oxygen atoms in total. The van der Waals surface area contributed by atoms with Crippen molar-refractivity contribution >= 4 is 27.7 Å². The lowest BCUT2D eigenvalue weighted by Crippen LogP contribution is -2.20. The van der Waals surface area contributed by atoms with E-state index in [0.29, 0.717) is 19.3 Å². The minimum atomic E-state index is -0.916. The predicted molar refractivity (Wildman–Crippen MR) is 93.4 cm³/mol. The van der Waals surface area contributed by atoms with Crippen molar-refractivity contribution in [2.45, 2.75) is 25.7 Å². The summed E-state index contributed by atoms with van der Waals surface area (Å²) in [7, 11) is 0. The van der Waals surface area contributed by atoms with Crippen molar-refractivity contribution in [3.8, 4) is 0 Å². The van der Waals surface area contributed by atoms with E-state index in [9.17, 15) is 14.7 Å². The Balaban J connectivity index is 1.89. The van der Waals surface area contributed by atoms with E-state index >= 15 is 0 Å². The van der Waals surface area contributed by atoms with E-state index in [1.54, 1.807) is 0 Å². The molecule has 0 fully saturated rings. The highest BCUT2D eigenvalue weighted by atomic mass is 79.9. The number of rotatable bonds is 8. The SMILES string of the molecule is O=C(CCc1ccccc1)CC(Cc1ccc(Br)cc1)C(=O)O. The molecule has 4 heteroatoms. The van der Waals surface area contributed by atoms with Crippen LogP contribution in [0.1, 0.15) is 24.0 Å². The van der Waals surface area contributed by atoms with Crippen LogP contribution < -0.4 is 0 Å². The summed E-state index contributed by atoms with van der Waals surface area (Å²) < 4.78 is 0.951. The summed E-state index contributed by atoms with van der Waals surface area (Å²) in [4.78, 5) is 23.5. The van der Waals surface area contributed by atoms with Crippen molar-refractivity contribution < 1.29 is 14.7 Å². The molecule has 0 saturated heterocycles. The van der Waals surface area contributed by atoms with Gasteiger partial charge in [-0.1, -0.05) is 58.4 Å². The Morgan fingerprint density at radius 1 is 0.957 bits per heavy atom. The molecule has 1 unspecified atom stereocenters. The molecule has 0 saturated carbocycles. The Kier molecular flexibility index (Phi) is 6.53. The Labute approximate surface area is 144 Å². The zero-order valence-electron chi connectivity index (χ0n) is 12.7. The van der Waals surface area contributed by atoms with Crippen LogP contribution in [0.5, 0.6) is 0 Å². The van der Waals surface area contributed by atoms with E-state index in [4.69, 9.17) is 0 Å². The maximum atomic E-state index is 12.1. The highest BCUT2D eigenvalue weighted by molar-refractivity contribution is 9.10. The first-order valence-electron chi connectivity index (χ1n) is 7.57. The molecule has 0 aliphatic rings. The number of Topliss-reactive ketones (excluding diaryl/α,β-unsaturated/α-hetero) is 1. The number of hydrogen-bond acceptors (Lipinski definition) is 2. The quantitative estimate of drug-likeness (QED) is 0.749. The molecule has 120 valence electrons. The van der Waals surface area contributed by atoms with Crippen LogP contribution in [0.15, 0.2) is 59.1 Å². The summed E-state index contributed by atoms with van der Waals surface area (Å²) >= 11 is 3.35. The molecule has 2 rings (SSSR count). The molecule has 0 aliphatic carbocycles. The van der Waals surface area contributed by atoms with E-state index in [0.717, 1.165) is 15.6 Å². The zero-order valence-corrected chi connectivity index (χ0v) is 14.3. The third-order valence-corrected chi connectivity index (χ3v) is 4.28. The second-order valence-corrected chi connectivity index (χ2v) is 6.51. The number of carboxylic acids is 1. The topological polar surface area (TPSA) is 54.4 Å². The van der Waals surface area contributed by atoms with E-state index in [1.807, 2.05) is 54.6 Å². The molecule has 23 heavy (non-hydrogen) atoms. The molecule has 0 heterocycles. The zero-order chi connectivity index (χ0) is 16.7. The fraction of sp³-hybridized carbons (Fsp3) is 0.263. The van der Waals surface area contributed by atoms with Gasteiger partial charge in [0.2, 0.25) is 0 Å². The summed E-state index contributed by atoms with van der Waals surface area (Å²) in [5.74, 6) is -1.58. The number of aliphatic carboxylic acids is 1. The molecular formula is C19H19BrO3. The Morgan fingerprint density at radius 2 is 1.61 bits per heavy atom. The first kappa shape index (κ1) is 17.4. The number of aryl methyl sites for hydroxylation is 1. The molecule has 2 aromatic rings. The highest BCUT2D eigenvalue weighted by Crippen LogP contribution is 2.17. The minimum Gasteiger partial charge on any atom is -0.481 e. The van der Waals surface area contributed by atoms with Crippen molar-refractivity contribution in [3.05, 3.63) is 70.2 Å². The largest absolute Gasteiger partial charge is 0.481 e. The first-order chi connectivity index (χ1) is 11.0. The van der Waals surface area contributed by atoms with Gasteiger partial charge in [0.25, 0.3) is 0 Å². The van der Waals surface area contributed by atoms with Crippen molar-refractivity contribution in [1.29, 1.82) is 0 Å². The normalized spacial score (nSPS) is 11.9. The second-order valence-electron chi connectivity index (χ2n) is 5.59. The van der Waals surface area contributed by atoms with Crippen LogP contribution in [-0.2, 0) is 22.4 Å². The molecule has 0 aliphatic heterocycles. The molecule has 1 atom stereocenters. The Hall–Kier alpha value is -1.94. The number of hydrogen-bond donors (Lipinski definition) is 1. The number of carboxylic acid groups (broad SMARTS) is 1. The van der Waals surface area contributed by atoms with Crippen molar-refractivity contribution in [1.82, 2.24) is 0 Å². The maximum Gasteiger partial charge on any atom is 0.307 e. The standard InChI is InChI=1S/C19H19BrO3/c20-17-9-6-15(7-10-17)12-16(19(22)23)13-18(21)11-8-14-4-2-1-3-5-14/h1-7,9-10,16H,8,11-13H2,(H,22,23). The molecule has 0 bridgehead atoms. The first-order valence-corrected chi connectivity index (χ1v) is 8.37. The van der Waals surface area contributed by atoms with Crippen LogP contribution in [0.25, 0.3) is 0 Å². The van der Waals surface area contributed by atoms with Crippen molar-refractivity contribution in [3.63, 3.8) is 0 Å². The van der Waals surface area contributed by atoms with Crippen LogP contribution in [0.2, 0.25) is 0 Å². The number of carbonyl (C=O) groups excluding carboxylic acids is 1. The number of halogens is 1. The smallest absolute Gasteiger partial charge is 0.307 e. The minimum absolute atomic E-state index is 0.00151. The summed E-state index contributed by atoms with van der Waals surface area (Å²) in [6.07, 6.45) is 1.50. The maximum absolute atomic E-state index is 12.1. The van der Waals surface area contributed by atoms with Crippen LogP contribution in [0, 0.1) is 5.92 Å². The van der Waals surface area contributed by atoms with Gasteiger partial charge in [0.15, 0.2) is 0 Å². The van der Waals surface area contributed by atoms with Gasteiger partial charge in [0.05, 0.1) is 5.92 Å². The van der Waals surface area contributed by atoms with Gasteiger partial charge in [0, 0.05) is 17.3 Å². The molecule has 0 radical (unpaired) electrons. The Bertz CT molecular complexity index is 650. The number of benzene rings is 2. The summed E-state index contributed by atoms with van der Waals surface area (Å²) in [6, 6.07) is 17.3. The van der Waals surface area contributed by atoms with Gasteiger partial charge in [-0.15, -0.1) is 0 Å². The summed E-state index contributed by atoms with van der Waals surface area (Å²) in [5, 5.41) is 9.36. The van der Waals surface area contributed by atoms with E-state index in [1.165, 1.54) is 0 Å². The lowest BCUT2D eigenvalue weighted by Gasteiger charge is -2.12. The van der Waals surface area contributed by atoms with Crippen LogP contribution >= 0.6 is 15.9 Å². The molecule has 0 spiro atoms. The lowest BCUT2D eigenvalue weighted by atomic mass is 9.92. The third-order valence-electron chi connectivity index (χ3n) is 3.75. The van der Waals surface area contributed by atoms with Crippen LogP contribution in [-0.4, -0.2) is 16.9 Å². The van der Waals surface area contributed by atoms with Gasteiger partial charge in [-0.25, -0.2) is 0 Å². The summed E-state index contributed by atoms with van der Waals surface area (Å²) in [5.41, 5.74) is 2.03. The van der Waals surface area contributed by atoms with Crippen molar-refractivity contribution in [2.24, 2.45) is 5.92 Å². The van der Waals surface area contributed by atoms with Gasteiger partial charge in [-0.3, -0.25) is 9.59 Å². The van der Waals surface area contributed by atoms with Crippen molar-refractivity contribution in [2.75, 3.05) is 0 Å². The number of ketones is 1. The predicted octanol–water partition coefficient (Wildman–Crippen LogP) is 4.28. The van der Waals surface area contributed by atoms with Gasteiger partial charge in [0.1, 0.15) is 5.78 Å². The average molecular weight is 375 g/mol. The fourth-order valence-electron chi connectivity index (χ4n) is 2.46.